The largest absolute Gasteiger partial charge is 0.360 e. The van der Waals surface area contributed by atoms with Crippen LogP contribution < -0.4 is 0 Å². The van der Waals surface area contributed by atoms with Crippen LogP contribution in [0.4, 0.5) is 0 Å². The van der Waals surface area contributed by atoms with E-state index in [-0.39, 0.29) is 5.91 Å². The summed E-state index contributed by atoms with van der Waals surface area (Å²) in [4.78, 5) is 22.4. The number of pyridine rings is 1. The van der Waals surface area contributed by atoms with Crippen molar-refractivity contribution in [1.29, 1.82) is 0 Å². The summed E-state index contributed by atoms with van der Waals surface area (Å²) < 4.78 is 7.57. The molecule has 1 aromatic carbocycles. The number of fused-ring (bicyclic) bond motifs is 1. The smallest absolute Gasteiger partial charge is 0.259 e. The number of hydrogen-bond donors (Lipinski definition) is 0. The van der Waals surface area contributed by atoms with E-state index in [4.69, 9.17) is 9.51 Å². The van der Waals surface area contributed by atoms with E-state index in [0.717, 1.165) is 36.5 Å². The molecule has 3 aromatic heterocycles. The number of imidazole rings is 1. The molecule has 7 nitrogen and oxygen atoms in total. The molecule has 1 saturated heterocycles. The Morgan fingerprint density at radius 3 is 2.53 bits per heavy atom. The van der Waals surface area contributed by atoms with Crippen LogP contribution >= 0.6 is 0 Å². The Hall–Kier alpha value is -3.45. The monoisotopic (exact) mass is 429 g/mol. The summed E-state index contributed by atoms with van der Waals surface area (Å²) >= 11 is 0. The van der Waals surface area contributed by atoms with Crippen molar-refractivity contribution in [2.24, 2.45) is 0 Å². The van der Waals surface area contributed by atoms with Crippen LogP contribution in [0.3, 0.4) is 0 Å². The van der Waals surface area contributed by atoms with Crippen LogP contribution in [-0.4, -0.2) is 56.4 Å². The molecule has 7 heteroatoms. The molecule has 0 radical (unpaired) electrons. The van der Waals surface area contributed by atoms with Gasteiger partial charge in [0.25, 0.3) is 5.91 Å². The first-order valence-electron chi connectivity index (χ1n) is 11.0. The van der Waals surface area contributed by atoms with E-state index in [1.807, 2.05) is 35.2 Å². The van der Waals surface area contributed by atoms with Crippen molar-refractivity contribution < 1.29 is 9.32 Å². The Labute approximate surface area is 187 Å². The maximum Gasteiger partial charge on any atom is 0.259 e. The van der Waals surface area contributed by atoms with E-state index < -0.39 is 0 Å². The van der Waals surface area contributed by atoms with Gasteiger partial charge in [0.05, 0.1) is 11.4 Å². The van der Waals surface area contributed by atoms with E-state index in [2.05, 4.69) is 46.6 Å². The molecule has 32 heavy (non-hydrogen) atoms. The lowest BCUT2D eigenvalue weighted by Gasteiger charge is -2.34. The van der Waals surface area contributed by atoms with Gasteiger partial charge in [-0.1, -0.05) is 35.5 Å². The van der Waals surface area contributed by atoms with Crippen LogP contribution in [0.5, 0.6) is 0 Å². The molecule has 0 spiro atoms. The van der Waals surface area contributed by atoms with Crippen molar-refractivity contribution in [1.82, 2.24) is 24.3 Å². The first-order valence-corrected chi connectivity index (χ1v) is 11.0. The Kier molecular flexibility index (Phi) is 5.27. The summed E-state index contributed by atoms with van der Waals surface area (Å²) in [6.45, 7) is 9.75. The number of piperazine rings is 1. The van der Waals surface area contributed by atoms with Gasteiger partial charge in [-0.15, -0.1) is 0 Å². The van der Waals surface area contributed by atoms with Crippen molar-refractivity contribution in [3.8, 4) is 11.3 Å². The van der Waals surface area contributed by atoms with Gasteiger partial charge < -0.3 is 13.8 Å². The van der Waals surface area contributed by atoms with Gasteiger partial charge in [-0.25, -0.2) is 4.98 Å². The summed E-state index contributed by atoms with van der Waals surface area (Å²) in [6.07, 6.45) is 2.10. The zero-order valence-electron chi connectivity index (χ0n) is 18.7. The third-order valence-electron chi connectivity index (χ3n) is 6.24. The van der Waals surface area contributed by atoms with Gasteiger partial charge in [0, 0.05) is 44.5 Å². The maximum atomic E-state index is 13.4. The average Bonchev–Trinajstić information content (AvgIpc) is 3.33. The molecule has 1 aliphatic rings. The van der Waals surface area contributed by atoms with Crippen molar-refractivity contribution >= 4 is 11.6 Å². The van der Waals surface area contributed by atoms with Gasteiger partial charge in [-0.05, 0) is 38.5 Å². The molecule has 0 bridgehead atoms. The van der Waals surface area contributed by atoms with Gasteiger partial charge >= 0.3 is 0 Å². The quantitative estimate of drug-likeness (QED) is 0.493. The molecule has 1 aliphatic heterocycles. The molecule has 4 aromatic rings. The van der Waals surface area contributed by atoms with Crippen LogP contribution in [0.2, 0.25) is 0 Å². The molecular formula is C25H27N5O2. The molecule has 0 atom stereocenters. The normalized spacial score (nSPS) is 14.9. The molecule has 0 aliphatic carbocycles. The lowest BCUT2D eigenvalue weighted by atomic mass is 10.0. The molecule has 0 unspecified atom stereocenters. The average molecular weight is 430 g/mol. The number of amides is 1. The minimum atomic E-state index is -0.0105. The highest BCUT2D eigenvalue weighted by Crippen LogP contribution is 2.27. The number of benzene rings is 1. The summed E-state index contributed by atoms with van der Waals surface area (Å²) in [7, 11) is 0. The van der Waals surface area contributed by atoms with Crippen molar-refractivity contribution in [2.75, 3.05) is 26.2 Å². The van der Waals surface area contributed by atoms with Crippen LogP contribution in [0.15, 0.2) is 53.2 Å². The van der Waals surface area contributed by atoms with Crippen molar-refractivity contribution in [3.05, 3.63) is 76.9 Å². The summed E-state index contributed by atoms with van der Waals surface area (Å²) in [5.41, 5.74) is 6.54. The highest BCUT2D eigenvalue weighted by Gasteiger charge is 2.29. The van der Waals surface area contributed by atoms with Gasteiger partial charge in [-0.2, -0.15) is 0 Å². The van der Waals surface area contributed by atoms with Gasteiger partial charge in [0.1, 0.15) is 22.7 Å². The summed E-state index contributed by atoms with van der Waals surface area (Å²) in [6, 6.07) is 13.9. The van der Waals surface area contributed by atoms with Crippen LogP contribution in [0, 0.1) is 20.8 Å². The third-order valence-corrected chi connectivity index (χ3v) is 6.24. The van der Waals surface area contributed by atoms with Gasteiger partial charge in [0.15, 0.2) is 0 Å². The lowest BCUT2D eigenvalue weighted by molar-refractivity contribution is 0.0625. The van der Waals surface area contributed by atoms with Crippen molar-refractivity contribution in [3.63, 3.8) is 0 Å². The van der Waals surface area contributed by atoms with E-state index in [1.165, 1.54) is 11.3 Å². The molecule has 0 N–H and O–H groups in total. The minimum absolute atomic E-state index is 0.0105. The number of aromatic nitrogens is 3. The number of carbonyl (C=O) groups is 1. The molecule has 1 fully saturated rings. The number of rotatable bonds is 4. The van der Waals surface area contributed by atoms with E-state index >= 15 is 0 Å². The Bertz CT molecular complexity index is 1270. The standard InChI is InChI=1S/C25H27N5O2/c1-17-9-10-30-21(18(2)26-22(30)15-17)16-28-11-13-29(14-12-28)25(31)23-19(3)32-27-24(23)20-7-5-4-6-8-20/h4-10,15H,11-14,16H2,1-3H3. The molecular weight excluding hydrogens is 402 g/mol. The van der Waals surface area contributed by atoms with Crippen LogP contribution in [0.1, 0.15) is 33.1 Å². The molecule has 0 saturated carbocycles. The first-order chi connectivity index (χ1) is 15.5. The maximum absolute atomic E-state index is 13.4. The Morgan fingerprint density at radius 1 is 1.03 bits per heavy atom. The van der Waals surface area contributed by atoms with Crippen LogP contribution in [-0.2, 0) is 6.54 Å². The number of nitrogens with zero attached hydrogens (tertiary/aromatic N) is 5. The fourth-order valence-corrected chi connectivity index (χ4v) is 4.40. The zero-order valence-corrected chi connectivity index (χ0v) is 18.7. The predicted molar refractivity (Wildman–Crippen MR) is 123 cm³/mol. The number of hydrogen-bond acceptors (Lipinski definition) is 5. The number of aryl methyl sites for hydroxylation is 3. The van der Waals surface area contributed by atoms with E-state index in [9.17, 15) is 4.79 Å². The highest BCUT2D eigenvalue weighted by atomic mass is 16.5. The van der Waals surface area contributed by atoms with Crippen molar-refractivity contribution in [2.45, 2.75) is 27.3 Å². The SMILES string of the molecule is Cc1ccn2c(CN3CCN(C(=O)c4c(-c5ccccc5)noc4C)CC3)c(C)nc2c1. The van der Waals surface area contributed by atoms with E-state index in [0.29, 0.717) is 30.1 Å². The van der Waals surface area contributed by atoms with Gasteiger partial charge in [-0.3, -0.25) is 9.69 Å². The Morgan fingerprint density at radius 2 is 1.78 bits per heavy atom. The molecule has 1 amide bonds. The second-order valence-electron chi connectivity index (χ2n) is 8.47. The fraction of sp³-hybridized carbons (Fsp3) is 0.320. The third kappa shape index (κ3) is 3.69. The first kappa shape index (κ1) is 20.5. The minimum Gasteiger partial charge on any atom is -0.360 e. The van der Waals surface area contributed by atoms with Crippen LogP contribution in [0.25, 0.3) is 16.9 Å². The van der Waals surface area contributed by atoms with E-state index in [1.54, 1.807) is 6.92 Å². The molecule has 5 rings (SSSR count). The lowest BCUT2D eigenvalue weighted by Crippen LogP contribution is -2.48. The topological polar surface area (TPSA) is 66.9 Å². The molecule has 164 valence electrons. The Balaban J connectivity index is 1.30. The number of carbonyl (C=O) groups excluding carboxylic acids is 1. The summed E-state index contributed by atoms with van der Waals surface area (Å²) in [5.74, 6) is 0.552. The second kappa shape index (κ2) is 8.24. The summed E-state index contributed by atoms with van der Waals surface area (Å²) in [5, 5.41) is 4.17. The second-order valence-corrected chi connectivity index (χ2v) is 8.47. The molecule has 4 heterocycles. The highest BCUT2D eigenvalue weighted by molar-refractivity contribution is 6.00. The van der Waals surface area contributed by atoms with Gasteiger partial charge in [0.2, 0.25) is 0 Å². The zero-order chi connectivity index (χ0) is 22.2. The fourth-order valence-electron chi connectivity index (χ4n) is 4.40. The predicted octanol–water partition coefficient (Wildman–Crippen LogP) is 3.87.